The summed E-state index contributed by atoms with van der Waals surface area (Å²) in [6.45, 7) is 5.81. The van der Waals surface area contributed by atoms with E-state index >= 15 is 0 Å². The molecule has 120 valence electrons. The van der Waals surface area contributed by atoms with E-state index in [0.29, 0.717) is 18.9 Å². The van der Waals surface area contributed by atoms with Crippen molar-refractivity contribution in [2.75, 3.05) is 18.8 Å². The fraction of sp³-hybridized carbons (Fsp3) is 0.600. The van der Waals surface area contributed by atoms with Crippen LogP contribution in [0.25, 0.3) is 0 Å². The molecule has 21 heavy (non-hydrogen) atoms. The minimum Gasteiger partial charge on any atom is -0.316 e. The first kappa shape index (κ1) is 18.8. The summed E-state index contributed by atoms with van der Waals surface area (Å²) in [6.07, 6.45) is 0.511. The van der Waals surface area contributed by atoms with Crippen molar-refractivity contribution in [1.82, 2.24) is 5.32 Å². The lowest BCUT2D eigenvalue weighted by Gasteiger charge is -2.19. The first-order valence-electron chi connectivity index (χ1n) is 6.95. The van der Waals surface area contributed by atoms with Crippen molar-refractivity contribution in [3.8, 4) is 0 Å². The van der Waals surface area contributed by atoms with Gasteiger partial charge in [-0.25, -0.2) is 0 Å². The van der Waals surface area contributed by atoms with Crippen LogP contribution in [-0.2, 0) is 0 Å². The van der Waals surface area contributed by atoms with Crippen molar-refractivity contribution in [1.29, 1.82) is 0 Å². The molecule has 1 aromatic carbocycles. The average Bonchev–Trinajstić information content (AvgIpc) is 2.36. The molecule has 1 N–H and O–H groups in total. The third-order valence-electron chi connectivity index (χ3n) is 3.02. The zero-order valence-corrected chi connectivity index (χ0v) is 14.6. The fourth-order valence-electron chi connectivity index (χ4n) is 1.98. The van der Waals surface area contributed by atoms with Gasteiger partial charge in [-0.3, -0.25) is 0 Å². The van der Waals surface area contributed by atoms with Gasteiger partial charge < -0.3 is 5.32 Å². The van der Waals surface area contributed by atoms with Crippen molar-refractivity contribution in [2.24, 2.45) is 5.92 Å². The van der Waals surface area contributed by atoms with Gasteiger partial charge in [0, 0.05) is 16.8 Å². The second kappa shape index (κ2) is 9.06. The van der Waals surface area contributed by atoms with E-state index in [0.717, 1.165) is 16.6 Å². The molecule has 0 heterocycles. The van der Waals surface area contributed by atoms with E-state index in [4.69, 9.17) is 0 Å². The summed E-state index contributed by atoms with van der Waals surface area (Å²) in [5, 5.41) is 3.34. The smallest absolute Gasteiger partial charge is 0.316 e. The van der Waals surface area contributed by atoms with Gasteiger partial charge >= 0.3 is 5.51 Å². The predicted octanol–water partition coefficient (Wildman–Crippen LogP) is 5.42. The molecule has 0 bridgehead atoms. The Kier molecular flexibility index (Phi) is 8.13. The Morgan fingerprint density at radius 1 is 1.14 bits per heavy atom. The predicted molar refractivity (Wildman–Crippen MR) is 87.7 cm³/mol. The zero-order valence-electron chi connectivity index (χ0n) is 12.2. The van der Waals surface area contributed by atoms with Crippen LogP contribution in [0.15, 0.2) is 28.7 Å². The van der Waals surface area contributed by atoms with Gasteiger partial charge in [-0.1, -0.05) is 53.7 Å². The lowest BCUT2D eigenvalue weighted by atomic mass is 9.96. The zero-order chi connectivity index (χ0) is 15.9. The Morgan fingerprint density at radius 2 is 1.76 bits per heavy atom. The number of nitrogens with one attached hydrogen (secondary N) is 1. The molecular formula is C15H21BrF3NS. The van der Waals surface area contributed by atoms with Crippen LogP contribution >= 0.6 is 27.7 Å². The van der Waals surface area contributed by atoms with Crippen LogP contribution in [0.5, 0.6) is 0 Å². The maximum absolute atomic E-state index is 12.3. The third-order valence-corrected chi connectivity index (χ3v) is 4.31. The van der Waals surface area contributed by atoms with Crippen molar-refractivity contribution in [3.05, 3.63) is 34.3 Å². The molecule has 1 aromatic rings. The van der Waals surface area contributed by atoms with Gasteiger partial charge in [0.25, 0.3) is 0 Å². The summed E-state index contributed by atoms with van der Waals surface area (Å²) >= 11 is 3.44. The van der Waals surface area contributed by atoms with E-state index < -0.39 is 5.51 Å². The van der Waals surface area contributed by atoms with E-state index in [1.54, 1.807) is 0 Å². The Morgan fingerprint density at radius 3 is 2.29 bits per heavy atom. The number of rotatable bonds is 8. The molecule has 0 amide bonds. The second-order valence-corrected chi connectivity index (χ2v) is 7.46. The molecule has 0 saturated heterocycles. The normalized spacial score (nSPS) is 13.7. The van der Waals surface area contributed by atoms with Crippen LogP contribution in [0.2, 0.25) is 0 Å². The van der Waals surface area contributed by atoms with Crippen LogP contribution in [0.3, 0.4) is 0 Å². The Bertz CT molecular complexity index is 406. The maximum atomic E-state index is 12.3. The van der Waals surface area contributed by atoms with Crippen molar-refractivity contribution in [3.63, 3.8) is 0 Å². The number of hydrogen-bond acceptors (Lipinski definition) is 2. The van der Waals surface area contributed by atoms with Crippen molar-refractivity contribution in [2.45, 2.75) is 31.7 Å². The molecule has 1 atom stereocenters. The number of thioether (sulfide) groups is 1. The van der Waals surface area contributed by atoms with Gasteiger partial charge in [0.2, 0.25) is 0 Å². The largest absolute Gasteiger partial charge is 0.441 e. The Labute approximate surface area is 137 Å². The molecule has 1 unspecified atom stereocenters. The number of hydrogen-bond donors (Lipinski definition) is 1. The highest BCUT2D eigenvalue weighted by molar-refractivity contribution is 9.10. The van der Waals surface area contributed by atoms with Crippen LogP contribution < -0.4 is 5.32 Å². The molecule has 0 aromatic heterocycles. The minimum absolute atomic E-state index is 0.0624. The highest BCUT2D eigenvalue weighted by Crippen LogP contribution is 2.33. The highest BCUT2D eigenvalue weighted by Gasteiger charge is 2.28. The Hall–Kier alpha value is -0.200. The maximum Gasteiger partial charge on any atom is 0.441 e. The molecule has 6 heteroatoms. The Balaban J connectivity index is 2.59. The molecule has 0 radical (unpaired) electrons. The van der Waals surface area contributed by atoms with Crippen molar-refractivity contribution < 1.29 is 13.2 Å². The molecule has 0 aliphatic rings. The first-order chi connectivity index (χ1) is 9.78. The van der Waals surface area contributed by atoms with Crippen LogP contribution in [-0.4, -0.2) is 24.4 Å². The summed E-state index contributed by atoms with van der Waals surface area (Å²) in [6, 6.07) is 7.82. The molecule has 0 fully saturated rings. The monoisotopic (exact) mass is 383 g/mol. The van der Waals surface area contributed by atoms with E-state index in [1.807, 2.05) is 24.3 Å². The first-order valence-corrected chi connectivity index (χ1v) is 8.72. The quantitative estimate of drug-likeness (QED) is 0.642. The molecule has 0 spiro atoms. The lowest BCUT2D eigenvalue weighted by Crippen LogP contribution is -2.26. The van der Waals surface area contributed by atoms with Gasteiger partial charge in [-0.15, -0.1) is 0 Å². The molecule has 0 saturated carbocycles. The van der Waals surface area contributed by atoms with Crippen LogP contribution in [0.4, 0.5) is 13.2 Å². The fourth-order valence-corrected chi connectivity index (χ4v) is 2.88. The summed E-state index contributed by atoms with van der Waals surface area (Å²) < 4.78 is 37.8. The standard InChI is InChI=1S/C15H21BrF3NS/c1-11(2)9-20-10-13(7-8-21-15(17,18)19)12-3-5-14(16)6-4-12/h3-6,11,13,20H,7-10H2,1-2H3. The van der Waals surface area contributed by atoms with Crippen LogP contribution in [0.1, 0.15) is 31.7 Å². The van der Waals surface area contributed by atoms with Crippen LogP contribution in [0, 0.1) is 5.92 Å². The SMILES string of the molecule is CC(C)CNCC(CCSC(F)(F)F)c1ccc(Br)cc1. The highest BCUT2D eigenvalue weighted by atomic mass is 79.9. The van der Waals surface area contributed by atoms with E-state index in [9.17, 15) is 13.2 Å². The number of alkyl halides is 3. The average molecular weight is 384 g/mol. The number of halogens is 4. The summed E-state index contributed by atoms with van der Waals surface area (Å²) in [4.78, 5) is 0. The second-order valence-electron chi connectivity index (χ2n) is 5.38. The van der Waals surface area contributed by atoms with Gasteiger partial charge in [-0.05, 0) is 42.5 Å². The molecule has 0 aliphatic heterocycles. The molecule has 0 aliphatic carbocycles. The van der Waals surface area contributed by atoms with Gasteiger partial charge in [0.15, 0.2) is 0 Å². The molecule has 1 rings (SSSR count). The summed E-state index contributed by atoms with van der Waals surface area (Å²) in [7, 11) is 0. The topological polar surface area (TPSA) is 12.0 Å². The van der Waals surface area contributed by atoms with Gasteiger partial charge in [-0.2, -0.15) is 13.2 Å². The lowest BCUT2D eigenvalue weighted by molar-refractivity contribution is -0.0328. The molecule has 1 nitrogen and oxygen atoms in total. The van der Waals surface area contributed by atoms with Crippen molar-refractivity contribution >= 4 is 27.7 Å². The third kappa shape index (κ3) is 8.73. The minimum atomic E-state index is -4.14. The van der Waals surface area contributed by atoms with E-state index in [2.05, 4.69) is 35.1 Å². The van der Waals surface area contributed by atoms with E-state index in [-0.39, 0.29) is 23.4 Å². The van der Waals surface area contributed by atoms with Gasteiger partial charge in [0.05, 0.1) is 0 Å². The van der Waals surface area contributed by atoms with E-state index in [1.165, 1.54) is 0 Å². The number of benzene rings is 1. The summed E-state index contributed by atoms with van der Waals surface area (Å²) in [5.74, 6) is 0.722. The summed E-state index contributed by atoms with van der Waals surface area (Å²) in [5.41, 5.74) is -3.06. The van der Waals surface area contributed by atoms with Gasteiger partial charge in [0.1, 0.15) is 0 Å². The molecular weight excluding hydrogens is 363 g/mol.